The second kappa shape index (κ2) is 43.1. The number of nitrogens with one attached hydrogen (secondary N) is 1. The zero-order chi connectivity index (χ0) is 44.4. The van der Waals surface area contributed by atoms with E-state index >= 15 is 0 Å². The van der Waals surface area contributed by atoms with Gasteiger partial charge in [0.2, 0.25) is 5.91 Å². The van der Waals surface area contributed by atoms with E-state index in [1.165, 1.54) is 205 Å². The topological polar surface area (TPSA) is 149 Å². The molecule has 0 bridgehead atoms. The highest BCUT2D eigenvalue weighted by molar-refractivity contribution is 5.76. The third-order valence-corrected chi connectivity index (χ3v) is 13.2. The van der Waals surface area contributed by atoms with E-state index in [-0.39, 0.29) is 12.5 Å². The van der Waals surface area contributed by atoms with Gasteiger partial charge in [0.25, 0.3) is 0 Å². The Balaban J connectivity index is 2.23. The lowest BCUT2D eigenvalue weighted by atomic mass is 9.99. The molecule has 0 spiro atoms. The molecule has 0 aromatic carbocycles. The predicted octanol–water partition coefficient (Wildman–Crippen LogP) is 12.3. The minimum atomic E-state index is -1.55. The highest BCUT2D eigenvalue weighted by Crippen LogP contribution is 2.23. The van der Waals surface area contributed by atoms with Crippen LogP contribution in [0, 0.1) is 0 Å². The molecule has 0 aromatic heterocycles. The molecule has 1 aliphatic rings. The van der Waals surface area contributed by atoms with Gasteiger partial charge < -0.3 is 40.3 Å². The van der Waals surface area contributed by atoms with E-state index in [0.717, 1.165) is 38.5 Å². The van der Waals surface area contributed by atoms with Crippen LogP contribution in [0.5, 0.6) is 0 Å². The molecule has 1 saturated heterocycles. The molecule has 364 valence electrons. The molecular formula is C52H103NO8. The molecule has 1 fully saturated rings. The SMILES string of the molecule is CCCCCCCCCCCCCCCCCCCCCCCCC(O)C(COC1OC(CO)C(O)C(O)C1O)NC(=O)CCCCCCCCCCCCCCCCCC. The number of carbonyl (C=O) groups excluding carboxylic acids is 1. The standard InChI is InChI=1S/C52H103NO8/c1-3-5-7-9-11-13-15-17-19-21-22-23-24-25-26-27-29-31-33-35-37-39-41-46(55)45(44-60-52-51(59)50(58)49(57)47(43-54)61-52)53-48(56)42-40-38-36-34-32-30-28-20-18-16-14-12-10-8-6-4-2/h45-47,49-52,54-55,57-59H,3-44H2,1-2H3,(H,53,56). The Morgan fingerprint density at radius 3 is 1.16 bits per heavy atom. The summed E-state index contributed by atoms with van der Waals surface area (Å²) in [6.45, 7) is 3.87. The number of unbranched alkanes of at least 4 members (excludes halogenated alkanes) is 36. The van der Waals surface area contributed by atoms with Crippen molar-refractivity contribution >= 4 is 5.91 Å². The van der Waals surface area contributed by atoms with Crippen LogP contribution in [0.15, 0.2) is 0 Å². The van der Waals surface area contributed by atoms with Crippen LogP contribution in [0.4, 0.5) is 0 Å². The molecule has 1 aliphatic heterocycles. The van der Waals surface area contributed by atoms with Gasteiger partial charge in [-0.2, -0.15) is 0 Å². The number of carbonyl (C=O) groups is 1. The van der Waals surface area contributed by atoms with Crippen molar-refractivity contribution in [3.05, 3.63) is 0 Å². The summed E-state index contributed by atoms with van der Waals surface area (Å²) < 4.78 is 11.3. The lowest BCUT2D eigenvalue weighted by molar-refractivity contribution is -0.302. The Morgan fingerprint density at radius 2 is 0.820 bits per heavy atom. The highest BCUT2D eigenvalue weighted by atomic mass is 16.7. The van der Waals surface area contributed by atoms with Gasteiger partial charge in [-0.25, -0.2) is 0 Å². The number of amides is 1. The molecule has 1 rings (SSSR count). The Kier molecular flexibility index (Phi) is 41.1. The summed E-state index contributed by atoms with van der Waals surface area (Å²) in [4.78, 5) is 13.0. The molecule has 0 saturated carbocycles. The fraction of sp³-hybridized carbons (Fsp3) is 0.981. The van der Waals surface area contributed by atoms with E-state index in [1.807, 2.05) is 0 Å². The first-order chi connectivity index (χ1) is 29.8. The van der Waals surface area contributed by atoms with Crippen molar-refractivity contribution in [2.75, 3.05) is 13.2 Å². The first-order valence-corrected chi connectivity index (χ1v) is 26.7. The highest BCUT2D eigenvalue weighted by Gasteiger charge is 2.44. The zero-order valence-corrected chi connectivity index (χ0v) is 40.2. The van der Waals surface area contributed by atoms with Gasteiger partial charge >= 0.3 is 0 Å². The molecule has 9 heteroatoms. The largest absolute Gasteiger partial charge is 0.394 e. The molecule has 0 aromatic rings. The Hall–Kier alpha value is -0.810. The third-order valence-electron chi connectivity index (χ3n) is 13.2. The third kappa shape index (κ3) is 33.3. The van der Waals surface area contributed by atoms with Crippen LogP contribution in [-0.4, -0.2) is 87.5 Å². The van der Waals surface area contributed by atoms with Crippen molar-refractivity contribution in [2.24, 2.45) is 0 Å². The summed E-state index contributed by atoms with van der Waals surface area (Å²) in [5, 5.41) is 54.6. The van der Waals surface area contributed by atoms with E-state index in [2.05, 4.69) is 19.2 Å². The van der Waals surface area contributed by atoms with Gasteiger partial charge in [-0.1, -0.05) is 251 Å². The molecule has 7 atom stereocenters. The van der Waals surface area contributed by atoms with Gasteiger partial charge in [0.15, 0.2) is 6.29 Å². The zero-order valence-electron chi connectivity index (χ0n) is 40.2. The fourth-order valence-electron chi connectivity index (χ4n) is 8.93. The van der Waals surface area contributed by atoms with Crippen molar-refractivity contribution < 1.29 is 39.8 Å². The predicted molar refractivity (Wildman–Crippen MR) is 254 cm³/mol. The van der Waals surface area contributed by atoms with E-state index < -0.39 is 49.5 Å². The average molecular weight is 870 g/mol. The van der Waals surface area contributed by atoms with E-state index in [0.29, 0.717) is 12.8 Å². The number of aliphatic hydroxyl groups is 5. The first-order valence-electron chi connectivity index (χ1n) is 26.7. The van der Waals surface area contributed by atoms with Crippen LogP contribution in [0.25, 0.3) is 0 Å². The van der Waals surface area contributed by atoms with Crippen LogP contribution in [0.3, 0.4) is 0 Å². The molecule has 1 heterocycles. The maximum atomic E-state index is 13.0. The summed E-state index contributed by atoms with van der Waals surface area (Å²) in [6, 6.07) is -0.712. The molecular weight excluding hydrogens is 767 g/mol. The van der Waals surface area contributed by atoms with E-state index in [4.69, 9.17) is 9.47 Å². The molecule has 61 heavy (non-hydrogen) atoms. The number of aliphatic hydroxyl groups excluding tert-OH is 5. The van der Waals surface area contributed by atoms with Crippen LogP contribution in [0.2, 0.25) is 0 Å². The summed E-state index contributed by atoms with van der Waals surface area (Å²) in [7, 11) is 0. The molecule has 7 unspecified atom stereocenters. The van der Waals surface area contributed by atoms with Crippen molar-refractivity contribution in [1.29, 1.82) is 0 Å². The van der Waals surface area contributed by atoms with Crippen molar-refractivity contribution in [1.82, 2.24) is 5.32 Å². The smallest absolute Gasteiger partial charge is 0.220 e. The van der Waals surface area contributed by atoms with Crippen LogP contribution in [0.1, 0.15) is 271 Å². The number of hydrogen-bond donors (Lipinski definition) is 6. The average Bonchev–Trinajstić information content (AvgIpc) is 3.26. The monoisotopic (exact) mass is 870 g/mol. The summed E-state index contributed by atoms with van der Waals surface area (Å²) >= 11 is 0. The Bertz CT molecular complexity index is 924. The second-order valence-corrected chi connectivity index (χ2v) is 19.0. The Labute approximate surface area is 376 Å². The molecule has 9 nitrogen and oxygen atoms in total. The van der Waals surface area contributed by atoms with E-state index in [1.54, 1.807) is 0 Å². The van der Waals surface area contributed by atoms with Gasteiger partial charge in [-0.15, -0.1) is 0 Å². The van der Waals surface area contributed by atoms with Crippen molar-refractivity contribution in [2.45, 2.75) is 314 Å². The number of hydrogen-bond acceptors (Lipinski definition) is 8. The van der Waals surface area contributed by atoms with Gasteiger partial charge in [-0.3, -0.25) is 4.79 Å². The van der Waals surface area contributed by atoms with Crippen LogP contribution >= 0.6 is 0 Å². The molecule has 6 N–H and O–H groups in total. The van der Waals surface area contributed by atoms with E-state index in [9.17, 15) is 30.3 Å². The van der Waals surface area contributed by atoms with Gasteiger partial charge in [0, 0.05) is 6.42 Å². The van der Waals surface area contributed by atoms with Gasteiger partial charge in [-0.05, 0) is 12.8 Å². The second-order valence-electron chi connectivity index (χ2n) is 19.0. The number of ether oxygens (including phenoxy) is 2. The maximum absolute atomic E-state index is 13.0. The summed E-state index contributed by atoms with van der Waals surface area (Å²) in [6.07, 6.45) is 42.6. The summed E-state index contributed by atoms with van der Waals surface area (Å²) in [5.74, 6) is -0.138. The van der Waals surface area contributed by atoms with Crippen molar-refractivity contribution in [3.63, 3.8) is 0 Å². The van der Waals surface area contributed by atoms with Crippen LogP contribution < -0.4 is 5.32 Å². The molecule has 1 amide bonds. The lowest BCUT2D eigenvalue weighted by Crippen LogP contribution is -2.60. The normalized spacial score (nSPS) is 20.3. The Morgan fingerprint density at radius 1 is 0.492 bits per heavy atom. The minimum Gasteiger partial charge on any atom is -0.394 e. The maximum Gasteiger partial charge on any atom is 0.220 e. The van der Waals surface area contributed by atoms with Crippen LogP contribution in [-0.2, 0) is 14.3 Å². The molecule has 0 aliphatic carbocycles. The van der Waals surface area contributed by atoms with Gasteiger partial charge in [0.05, 0.1) is 25.4 Å². The number of rotatable bonds is 46. The van der Waals surface area contributed by atoms with Gasteiger partial charge in [0.1, 0.15) is 24.4 Å². The first kappa shape index (κ1) is 58.2. The molecule has 0 radical (unpaired) electrons. The lowest BCUT2D eigenvalue weighted by Gasteiger charge is -2.40. The quantitative estimate of drug-likeness (QED) is 0.0331. The van der Waals surface area contributed by atoms with Crippen molar-refractivity contribution in [3.8, 4) is 0 Å². The minimum absolute atomic E-state index is 0.131. The summed E-state index contributed by atoms with van der Waals surface area (Å²) in [5.41, 5.74) is 0. The fourth-order valence-corrected chi connectivity index (χ4v) is 8.93.